The molecule has 21 heavy (non-hydrogen) atoms. The maximum Gasteiger partial charge on any atom is 0.352 e. The molecule has 2 heterocycles. The molecule has 0 aliphatic carbocycles. The molecular formula is C15H23N3O3. The van der Waals surface area contributed by atoms with Crippen LogP contribution in [0.5, 0.6) is 0 Å². The molecule has 0 spiro atoms. The van der Waals surface area contributed by atoms with Crippen LogP contribution in [0.25, 0.3) is 0 Å². The molecule has 1 amide bonds. The molecule has 6 nitrogen and oxygen atoms in total. The van der Waals surface area contributed by atoms with E-state index in [2.05, 4.69) is 10.3 Å². The van der Waals surface area contributed by atoms with Crippen LogP contribution in [0.2, 0.25) is 0 Å². The van der Waals surface area contributed by atoms with Gasteiger partial charge in [0.15, 0.2) is 0 Å². The SMILES string of the molecule is CCN(C(=O)c1c(C)[nH]c(C(=O)O)c1C)C1CCNCC1. The molecule has 0 saturated carbocycles. The van der Waals surface area contributed by atoms with Crippen LogP contribution in [-0.2, 0) is 0 Å². The number of piperidine rings is 1. The van der Waals surface area contributed by atoms with E-state index in [-0.39, 0.29) is 17.6 Å². The van der Waals surface area contributed by atoms with Gasteiger partial charge in [-0.05, 0) is 52.3 Å². The fourth-order valence-corrected chi connectivity index (χ4v) is 3.11. The Labute approximate surface area is 124 Å². The van der Waals surface area contributed by atoms with Crippen LogP contribution in [-0.4, -0.2) is 52.5 Å². The molecule has 1 aliphatic rings. The Hall–Kier alpha value is -1.82. The average Bonchev–Trinajstić information content (AvgIpc) is 2.76. The van der Waals surface area contributed by atoms with Crippen LogP contribution in [0.3, 0.4) is 0 Å². The van der Waals surface area contributed by atoms with Crippen LogP contribution in [0.15, 0.2) is 0 Å². The van der Waals surface area contributed by atoms with Crippen molar-refractivity contribution in [2.45, 2.75) is 39.7 Å². The van der Waals surface area contributed by atoms with Gasteiger partial charge in [-0.1, -0.05) is 0 Å². The summed E-state index contributed by atoms with van der Waals surface area (Å²) in [6, 6.07) is 0.228. The highest BCUT2D eigenvalue weighted by atomic mass is 16.4. The minimum absolute atomic E-state index is 0.0665. The van der Waals surface area contributed by atoms with E-state index in [4.69, 9.17) is 5.11 Å². The summed E-state index contributed by atoms with van der Waals surface area (Å²) in [5.41, 5.74) is 1.77. The molecule has 6 heteroatoms. The molecule has 116 valence electrons. The number of carboxylic acid groups (broad SMARTS) is 1. The van der Waals surface area contributed by atoms with Gasteiger partial charge in [0.05, 0.1) is 5.56 Å². The third kappa shape index (κ3) is 2.95. The van der Waals surface area contributed by atoms with E-state index in [0.717, 1.165) is 25.9 Å². The molecule has 1 aromatic rings. The summed E-state index contributed by atoms with van der Waals surface area (Å²) in [6.07, 6.45) is 1.88. The maximum atomic E-state index is 12.8. The molecule has 1 aromatic heterocycles. The smallest absolute Gasteiger partial charge is 0.352 e. The number of aryl methyl sites for hydroxylation is 1. The molecule has 0 atom stereocenters. The second-order valence-electron chi connectivity index (χ2n) is 5.50. The van der Waals surface area contributed by atoms with Crippen molar-refractivity contribution in [1.82, 2.24) is 15.2 Å². The topological polar surface area (TPSA) is 85.4 Å². The first-order chi connectivity index (χ1) is 9.97. The first kappa shape index (κ1) is 15.6. The lowest BCUT2D eigenvalue weighted by Gasteiger charge is -2.34. The van der Waals surface area contributed by atoms with Gasteiger partial charge in [0, 0.05) is 18.3 Å². The van der Waals surface area contributed by atoms with E-state index in [1.165, 1.54) is 0 Å². The van der Waals surface area contributed by atoms with Gasteiger partial charge in [0.2, 0.25) is 0 Å². The second kappa shape index (κ2) is 6.30. The van der Waals surface area contributed by atoms with E-state index >= 15 is 0 Å². The minimum Gasteiger partial charge on any atom is -0.477 e. The zero-order valence-corrected chi connectivity index (χ0v) is 12.8. The number of hydrogen-bond acceptors (Lipinski definition) is 3. The zero-order chi connectivity index (χ0) is 15.6. The van der Waals surface area contributed by atoms with Gasteiger partial charge >= 0.3 is 5.97 Å². The number of nitrogens with zero attached hydrogens (tertiary/aromatic N) is 1. The van der Waals surface area contributed by atoms with Gasteiger partial charge in [-0.3, -0.25) is 4.79 Å². The number of amides is 1. The molecule has 0 radical (unpaired) electrons. The van der Waals surface area contributed by atoms with Crippen LogP contribution in [0, 0.1) is 13.8 Å². The molecular weight excluding hydrogens is 270 g/mol. The number of nitrogens with one attached hydrogen (secondary N) is 2. The molecule has 1 aliphatic heterocycles. The fourth-order valence-electron chi connectivity index (χ4n) is 3.11. The summed E-state index contributed by atoms with van der Waals surface area (Å²) in [6.45, 7) is 7.88. The number of carboxylic acids is 1. The quantitative estimate of drug-likeness (QED) is 0.786. The maximum absolute atomic E-state index is 12.8. The van der Waals surface area contributed by atoms with Crippen LogP contribution in [0.4, 0.5) is 0 Å². The number of carbonyl (C=O) groups excluding carboxylic acids is 1. The fraction of sp³-hybridized carbons (Fsp3) is 0.600. The van der Waals surface area contributed by atoms with Crippen molar-refractivity contribution in [3.05, 3.63) is 22.5 Å². The van der Waals surface area contributed by atoms with Crippen LogP contribution < -0.4 is 5.32 Å². The standard InChI is InChI=1S/C15H23N3O3/c1-4-18(11-5-7-16-8-6-11)14(19)12-9(2)13(15(20)21)17-10(12)3/h11,16-17H,4-8H2,1-3H3,(H,20,21). The Morgan fingerprint density at radius 3 is 2.38 bits per heavy atom. The molecule has 0 unspecified atom stereocenters. The normalized spacial score (nSPS) is 16.0. The Morgan fingerprint density at radius 2 is 1.90 bits per heavy atom. The highest BCUT2D eigenvalue weighted by molar-refractivity contribution is 6.01. The van der Waals surface area contributed by atoms with E-state index in [0.29, 0.717) is 23.4 Å². The summed E-state index contributed by atoms with van der Waals surface area (Å²) in [5.74, 6) is -1.09. The van der Waals surface area contributed by atoms with E-state index in [1.54, 1.807) is 13.8 Å². The monoisotopic (exact) mass is 293 g/mol. The van der Waals surface area contributed by atoms with Crippen molar-refractivity contribution in [2.75, 3.05) is 19.6 Å². The van der Waals surface area contributed by atoms with E-state index < -0.39 is 5.97 Å². The number of H-pyrrole nitrogens is 1. The lowest BCUT2D eigenvalue weighted by atomic mass is 10.0. The van der Waals surface area contributed by atoms with Gasteiger partial charge in [0.1, 0.15) is 5.69 Å². The third-order valence-corrected chi connectivity index (χ3v) is 4.22. The van der Waals surface area contributed by atoms with Gasteiger partial charge in [-0.25, -0.2) is 4.79 Å². The molecule has 1 saturated heterocycles. The lowest BCUT2D eigenvalue weighted by Crippen LogP contribution is -2.46. The van der Waals surface area contributed by atoms with Crippen molar-refractivity contribution in [2.24, 2.45) is 0 Å². The van der Waals surface area contributed by atoms with Crippen molar-refractivity contribution in [3.8, 4) is 0 Å². The summed E-state index contributed by atoms with van der Waals surface area (Å²) in [4.78, 5) is 28.7. The van der Waals surface area contributed by atoms with Crippen molar-refractivity contribution in [3.63, 3.8) is 0 Å². The summed E-state index contributed by atoms with van der Waals surface area (Å²) < 4.78 is 0. The Bertz CT molecular complexity index is 545. The third-order valence-electron chi connectivity index (χ3n) is 4.22. The highest BCUT2D eigenvalue weighted by Crippen LogP contribution is 2.22. The predicted octanol–water partition coefficient (Wildman–Crippen LogP) is 1.54. The Morgan fingerprint density at radius 1 is 1.29 bits per heavy atom. The zero-order valence-electron chi connectivity index (χ0n) is 12.8. The van der Waals surface area contributed by atoms with Gasteiger partial charge in [0.25, 0.3) is 5.91 Å². The largest absolute Gasteiger partial charge is 0.477 e. The van der Waals surface area contributed by atoms with Gasteiger partial charge in [-0.2, -0.15) is 0 Å². The van der Waals surface area contributed by atoms with Crippen LogP contribution in [0.1, 0.15) is 51.9 Å². The summed E-state index contributed by atoms with van der Waals surface area (Å²) in [5, 5.41) is 12.5. The molecule has 3 N–H and O–H groups in total. The average molecular weight is 293 g/mol. The lowest BCUT2D eigenvalue weighted by molar-refractivity contribution is 0.0654. The number of hydrogen-bond donors (Lipinski definition) is 3. The molecule has 1 fully saturated rings. The Balaban J connectivity index is 2.31. The number of aromatic carboxylic acids is 1. The van der Waals surface area contributed by atoms with Crippen LogP contribution >= 0.6 is 0 Å². The van der Waals surface area contributed by atoms with Crippen molar-refractivity contribution in [1.29, 1.82) is 0 Å². The Kier molecular flexibility index (Phi) is 4.67. The van der Waals surface area contributed by atoms with Gasteiger partial charge < -0.3 is 20.3 Å². The van der Waals surface area contributed by atoms with Gasteiger partial charge in [-0.15, -0.1) is 0 Å². The number of aromatic amines is 1. The first-order valence-electron chi connectivity index (χ1n) is 7.41. The molecule has 2 rings (SSSR count). The van der Waals surface area contributed by atoms with E-state index in [1.807, 2.05) is 11.8 Å². The molecule has 0 bridgehead atoms. The predicted molar refractivity (Wildman–Crippen MR) is 79.8 cm³/mol. The number of rotatable bonds is 4. The number of carbonyl (C=O) groups is 2. The van der Waals surface area contributed by atoms with Crippen molar-refractivity contribution < 1.29 is 14.7 Å². The summed E-state index contributed by atoms with van der Waals surface area (Å²) >= 11 is 0. The second-order valence-corrected chi connectivity index (χ2v) is 5.50. The first-order valence-corrected chi connectivity index (χ1v) is 7.41. The highest BCUT2D eigenvalue weighted by Gasteiger charge is 2.29. The minimum atomic E-state index is -1.03. The molecule has 0 aromatic carbocycles. The van der Waals surface area contributed by atoms with Crippen molar-refractivity contribution >= 4 is 11.9 Å². The number of aromatic nitrogens is 1. The summed E-state index contributed by atoms with van der Waals surface area (Å²) in [7, 11) is 0. The van der Waals surface area contributed by atoms with E-state index in [9.17, 15) is 9.59 Å².